The summed E-state index contributed by atoms with van der Waals surface area (Å²) < 4.78 is 37.2. The van der Waals surface area contributed by atoms with E-state index in [4.69, 9.17) is 4.74 Å². The normalized spacial score (nSPS) is 13.4. The van der Waals surface area contributed by atoms with E-state index in [9.17, 15) is 22.8 Å². The van der Waals surface area contributed by atoms with Crippen molar-refractivity contribution in [3.8, 4) is 0 Å². The highest BCUT2D eigenvalue weighted by molar-refractivity contribution is 7.89. The molecule has 9 nitrogen and oxygen atoms in total. The Labute approximate surface area is 164 Å². The first-order valence-electron chi connectivity index (χ1n) is 8.50. The third kappa shape index (κ3) is 5.52. The van der Waals surface area contributed by atoms with Gasteiger partial charge in [0.1, 0.15) is 6.04 Å². The molecule has 2 amide bonds. The van der Waals surface area contributed by atoms with Gasteiger partial charge in [0.25, 0.3) is 5.91 Å². The average Bonchev–Trinajstić information content (AvgIpc) is 2.59. The standard InChI is InChI=1S/C18H26N2O7S/c1-9-8-10(2)12(4)15(11(9)3)28(24,25)20-13(5)17(22)27-14(6)16(21)19-18(23)26-7/h8,13-14,20H,1-7H3,(H,19,21,23)/t13-,14-/m0/s1. The van der Waals surface area contributed by atoms with Gasteiger partial charge < -0.3 is 9.47 Å². The largest absolute Gasteiger partial charge is 0.453 e. The summed E-state index contributed by atoms with van der Waals surface area (Å²) in [5, 5.41) is 1.86. The van der Waals surface area contributed by atoms with E-state index < -0.39 is 40.1 Å². The molecule has 1 aromatic rings. The van der Waals surface area contributed by atoms with Crippen molar-refractivity contribution in [2.75, 3.05) is 7.11 Å². The van der Waals surface area contributed by atoms with E-state index in [1.54, 1.807) is 27.7 Å². The molecule has 0 heterocycles. The van der Waals surface area contributed by atoms with Gasteiger partial charge in [0.15, 0.2) is 6.10 Å². The van der Waals surface area contributed by atoms with Crippen LogP contribution in [0.15, 0.2) is 11.0 Å². The van der Waals surface area contributed by atoms with Crippen LogP contribution >= 0.6 is 0 Å². The Bertz CT molecular complexity index is 867. The van der Waals surface area contributed by atoms with Crippen LogP contribution in [0.5, 0.6) is 0 Å². The molecule has 0 saturated heterocycles. The number of aryl methyl sites for hydroxylation is 2. The SMILES string of the molecule is COC(=O)NC(=O)[C@H](C)OC(=O)[C@H](C)NS(=O)(=O)c1c(C)c(C)cc(C)c1C. The summed E-state index contributed by atoms with van der Waals surface area (Å²) in [6, 6.07) is 0.640. The lowest BCUT2D eigenvalue weighted by molar-refractivity contribution is -0.155. The zero-order valence-electron chi connectivity index (χ0n) is 17.0. The van der Waals surface area contributed by atoms with Gasteiger partial charge in [-0.25, -0.2) is 13.2 Å². The van der Waals surface area contributed by atoms with Crippen LogP contribution in [-0.4, -0.2) is 45.6 Å². The maximum atomic E-state index is 12.8. The number of carbonyl (C=O) groups excluding carboxylic acids is 3. The lowest BCUT2D eigenvalue weighted by Crippen LogP contribution is -2.44. The maximum Gasteiger partial charge on any atom is 0.413 e. The Morgan fingerprint density at radius 3 is 1.96 bits per heavy atom. The Balaban J connectivity index is 2.95. The van der Waals surface area contributed by atoms with Crippen molar-refractivity contribution in [3.05, 3.63) is 28.3 Å². The average molecular weight is 414 g/mol. The van der Waals surface area contributed by atoms with Gasteiger partial charge in [-0.1, -0.05) is 6.07 Å². The van der Waals surface area contributed by atoms with Crippen molar-refractivity contribution in [3.63, 3.8) is 0 Å². The van der Waals surface area contributed by atoms with Crippen molar-refractivity contribution < 1.29 is 32.3 Å². The predicted molar refractivity (Wildman–Crippen MR) is 101 cm³/mol. The molecular weight excluding hydrogens is 388 g/mol. The fourth-order valence-electron chi connectivity index (χ4n) is 2.51. The second kappa shape index (κ2) is 9.16. The molecule has 0 aliphatic rings. The van der Waals surface area contributed by atoms with E-state index in [1.807, 2.05) is 11.4 Å². The highest BCUT2D eigenvalue weighted by atomic mass is 32.2. The number of hydrogen-bond acceptors (Lipinski definition) is 7. The van der Waals surface area contributed by atoms with Crippen LogP contribution in [-0.2, 0) is 29.1 Å². The zero-order chi connectivity index (χ0) is 21.8. The molecule has 2 atom stereocenters. The summed E-state index contributed by atoms with van der Waals surface area (Å²) in [7, 11) is -2.94. The number of alkyl carbamates (subject to hydrolysis) is 1. The molecule has 0 aliphatic heterocycles. The second-order valence-corrected chi connectivity index (χ2v) is 8.14. The van der Waals surface area contributed by atoms with Gasteiger partial charge in [-0.2, -0.15) is 4.72 Å². The minimum Gasteiger partial charge on any atom is -0.453 e. The van der Waals surface area contributed by atoms with Crippen molar-refractivity contribution in [1.29, 1.82) is 0 Å². The first-order chi connectivity index (χ1) is 12.8. The zero-order valence-corrected chi connectivity index (χ0v) is 17.8. The number of benzene rings is 1. The highest BCUT2D eigenvalue weighted by Gasteiger charge is 2.29. The van der Waals surface area contributed by atoms with E-state index in [1.165, 1.54) is 13.8 Å². The fourth-order valence-corrected chi connectivity index (χ4v) is 4.31. The lowest BCUT2D eigenvalue weighted by atomic mass is 10.0. The first-order valence-corrected chi connectivity index (χ1v) is 9.99. The number of hydrogen-bond donors (Lipinski definition) is 2. The quantitative estimate of drug-likeness (QED) is 0.673. The van der Waals surface area contributed by atoms with Crippen LogP contribution in [0.3, 0.4) is 0 Å². The van der Waals surface area contributed by atoms with Crippen molar-refractivity contribution in [2.24, 2.45) is 0 Å². The monoisotopic (exact) mass is 414 g/mol. The van der Waals surface area contributed by atoms with Gasteiger partial charge in [-0.3, -0.25) is 14.9 Å². The molecular formula is C18H26N2O7S. The maximum absolute atomic E-state index is 12.8. The summed E-state index contributed by atoms with van der Waals surface area (Å²) in [5.74, 6) is -1.85. The van der Waals surface area contributed by atoms with E-state index in [0.29, 0.717) is 11.1 Å². The molecule has 0 aromatic heterocycles. The predicted octanol–water partition coefficient (Wildman–Crippen LogP) is 1.40. The summed E-state index contributed by atoms with van der Waals surface area (Å²) in [6.45, 7) is 9.55. The molecule has 0 bridgehead atoms. The number of nitrogens with one attached hydrogen (secondary N) is 2. The topological polar surface area (TPSA) is 128 Å². The van der Waals surface area contributed by atoms with E-state index >= 15 is 0 Å². The molecule has 1 aromatic carbocycles. The van der Waals surface area contributed by atoms with Crippen LogP contribution in [0.4, 0.5) is 4.79 Å². The molecule has 2 N–H and O–H groups in total. The summed E-state index contributed by atoms with van der Waals surface area (Å²) in [5.41, 5.74) is 2.79. The van der Waals surface area contributed by atoms with Crippen LogP contribution in [0, 0.1) is 27.7 Å². The smallest absolute Gasteiger partial charge is 0.413 e. The lowest BCUT2D eigenvalue weighted by Gasteiger charge is -2.20. The Kier molecular flexibility index (Phi) is 7.71. The number of imide groups is 1. The molecule has 156 valence electrons. The highest BCUT2D eigenvalue weighted by Crippen LogP contribution is 2.26. The summed E-state index contributed by atoms with van der Waals surface area (Å²) >= 11 is 0. The number of rotatable bonds is 6. The third-order valence-electron chi connectivity index (χ3n) is 4.32. The van der Waals surface area contributed by atoms with Crippen LogP contribution in [0.2, 0.25) is 0 Å². The molecule has 0 fully saturated rings. The van der Waals surface area contributed by atoms with Crippen molar-refractivity contribution in [2.45, 2.75) is 58.6 Å². The molecule has 0 unspecified atom stereocenters. The van der Waals surface area contributed by atoms with Crippen molar-refractivity contribution in [1.82, 2.24) is 10.0 Å². The van der Waals surface area contributed by atoms with E-state index in [0.717, 1.165) is 18.2 Å². The molecule has 1 rings (SSSR count). The number of methoxy groups -OCH3 is 1. The van der Waals surface area contributed by atoms with Gasteiger partial charge >= 0.3 is 12.1 Å². The first kappa shape index (κ1) is 23.6. The van der Waals surface area contributed by atoms with E-state index in [2.05, 4.69) is 9.46 Å². The van der Waals surface area contributed by atoms with Gasteiger partial charge in [0.05, 0.1) is 12.0 Å². The number of ether oxygens (including phenoxy) is 2. The number of amides is 2. The molecule has 28 heavy (non-hydrogen) atoms. The van der Waals surface area contributed by atoms with Crippen molar-refractivity contribution >= 4 is 28.0 Å². The fraction of sp³-hybridized carbons (Fsp3) is 0.500. The van der Waals surface area contributed by atoms with Gasteiger partial charge in [-0.05, 0) is 63.8 Å². The molecule has 10 heteroatoms. The Morgan fingerprint density at radius 1 is 1.00 bits per heavy atom. The van der Waals surface area contributed by atoms with Crippen LogP contribution in [0.25, 0.3) is 0 Å². The van der Waals surface area contributed by atoms with Crippen LogP contribution in [0.1, 0.15) is 36.1 Å². The Hall–Kier alpha value is -2.46. The Morgan fingerprint density at radius 2 is 1.50 bits per heavy atom. The third-order valence-corrected chi connectivity index (χ3v) is 6.14. The second-order valence-electron chi connectivity index (χ2n) is 6.49. The van der Waals surface area contributed by atoms with Gasteiger partial charge in [0, 0.05) is 0 Å². The minimum absolute atomic E-state index is 0.112. The number of carbonyl (C=O) groups is 3. The number of sulfonamides is 1. The summed E-state index contributed by atoms with van der Waals surface area (Å²) in [6.07, 6.45) is -2.31. The van der Waals surface area contributed by atoms with Gasteiger partial charge in [-0.15, -0.1) is 0 Å². The molecule has 0 spiro atoms. The summed E-state index contributed by atoms with van der Waals surface area (Å²) in [4.78, 5) is 35.0. The number of esters is 1. The van der Waals surface area contributed by atoms with E-state index in [-0.39, 0.29) is 4.90 Å². The molecule has 0 radical (unpaired) electrons. The molecule has 0 saturated carbocycles. The van der Waals surface area contributed by atoms with Gasteiger partial charge in [0.2, 0.25) is 10.0 Å². The van der Waals surface area contributed by atoms with Crippen LogP contribution < -0.4 is 10.0 Å². The minimum atomic E-state index is -4.02. The molecule has 0 aliphatic carbocycles.